The lowest BCUT2D eigenvalue weighted by Crippen LogP contribution is -2.29. The summed E-state index contributed by atoms with van der Waals surface area (Å²) in [4.78, 5) is 26.2. The van der Waals surface area contributed by atoms with Crippen LogP contribution in [-0.4, -0.2) is 55.1 Å². The highest BCUT2D eigenvalue weighted by Crippen LogP contribution is 2.38. The highest BCUT2D eigenvalue weighted by atomic mass is 16.5. The van der Waals surface area contributed by atoms with E-state index in [1.54, 1.807) is 28.4 Å². The minimum Gasteiger partial charge on any atom is -0.496 e. The molecule has 10 nitrogen and oxygen atoms in total. The van der Waals surface area contributed by atoms with E-state index < -0.39 is 0 Å². The molecule has 0 aliphatic carbocycles. The number of benzene rings is 2. The van der Waals surface area contributed by atoms with Gasteiger partial charge < -0.3 is 28.8 Å². The molecular weight excluding hydrogens is 512 g/mol. The van der Waals surface area contributed by atoms with E-state index >= 15 is 0 Å². The number of hydrogen-bond donors (Lipinski definition) is 1. The standard InChI is InChI=1S/C30H36N4O6/c1-7-33-19(2)21(30(36)34-28(33)18-23(32-34)22-10-8-9-11-24(22)37-3)12-13-27(35)31-15-14-20-16-25(38-4)29(40-6)26(17-20)39-5/h8-11,16-18H,7,12-15H2,1-6H3,(H,31,35). The molecule has 0 saturated carbocycles. The highest BCUT2D eigenvalue weighted by molar-refractivity contribution is 5.76. The number of nitrogens with one attached hydrogen (secondary N) is 1. The third-order valence-electron chi connectivity index (χ3n) is 7.02. The van der Waals surface area contributed by atoms with Crippen molar-refractivity contribution in [3.63, 3.8) is 0 Å². The second-order valence-corrected chi connectivity index (χ2v) is 9.25. The van der Waals surface area contributed by atoms with Crippen molar-refractivity contribution in [2.24, 2.45) is 0 Å². The van der Waals surface area contributed by atoms with Gasteiger partial charge in [-0.25, -0.2) is 0 Å². The molecule has 40 heavy (non-hydrogen) atoms. The quantitative estimate of drug-likeness (QED) is 0.287. The molecule has 0 radical (unpaired) electrons. The first kappa shape index (κ1) is 28.5. The van der Waals surface area contributed by atoms with Crippen molar-refractivity contribution in [3.05, 3.63) is 69.6 Å². The van der Waals surface area contributed by atoms with Gasteiger partial charge in [-0.1, -0.05) is 12.1 Å². The molecule has 10 heteroatoms. The number of methoxy groups -OCH3 is 4. The van der Waals surface area contributed by atoms with Crippen LogP contribution in [0.4, 0.5) is 0 Å². The maximum atomic E-state index is 13.5. The summed E-state index contributed by atoms with van der Waals surface area (Å²) in [6.45, 7) is 5.02. The highest BCUT2D eigenvalue weighted by Gasteiger charge is 2.19. The first-order valence-corrected chi connectivity index (χ1v) is 13.2. The van der Waals surface area contributed by atoms with E-state index in [0.717, 1.165) is 16.8 Å². The van der Waals surface area contributed by atoms with Crippen molar-refractivity contribution in [2.75, 3.05) is 35.0 Å². The van der Waals surface area contributed by atoms with E-state index in [0.29, 0.717) is 65.8 Å². The molecule has 4 rings (SSSR count). The van der Waals surface area contributed by atoms with Crippen LogP contribution in [0.5, 0.6) is 23.0 Å². The van der Waals surface area contributed by atoms with Gasteiger partial charge in [0, 0.05) is 42.4 Å². The van der Waals surface area contributed by atoms with Gasteiger partial charge in [-0.05, 0) is 56.5 Å². The van der Waals surface area contributed by atoms with Crippen LogP contribution in [0.1, 0.15) is 30.2 Å². The van der Waals surface area contributed by atoms with Gasteiger partial charge in [-0.3, -0.25) is 9.59 Å². The monoisotopic (exact) mass is 548 g/mol. The summed E-state index contributed by atoms with van der Waals surface area (Å²) < 4.78 is 25.1. The molecule has 0 unspecified atom stereocenters. The van der Waals surface area contributed by atoms with Crippen LogP contribution in [0.25, 0.3) is 16.9 Å². The Morgan fingerprint density at radius 2 is 1.60 bits per heavy atom. The minimum absolute atomic E-state index is 0.135. The number of amides is 1. The molecule has 0 atom stereocenters. The summed E-state index contributed by atoms with van der Waals surface area (Å²) in [6.07, 6.45) is 1.07. The van der Waals surface area contributed by atoms with Crippen LogP contribution in [0.2, 0.25) is 0 Å². The predicted octanol–water partition coefficient (Wildman–Crippen LogP) is 3.82. The summed E-state index contributed by atoms with van der Waals surface area (Å²) in [5.74, 6) is 2.20. The molecule has 4 aromatic rings. The van der Waals surface area contributed by atoms with Crippen LogP contribution in [0.3, 0.4) is 0 Å². The van der Waals surface area contributed by atoms with Crippen LogP contribution in [-0.2, 0) is 24.2 Å². The van der Waals surface area contributed by atoms with E-state index in [4.69, 9.17) is 18.9 Å². The summed E-state index contributed by atoms with van der Waals surface area (Å²) >= 11 is 0. The fourth-order valence-corrected chi connectivity index (χ4v) is 4.96. The zero-order valence-corrected chi connectivity index (χ0v) is 23.9. The molecule has 2 aromatic heterocycles. The Balaban J connectivity index is 1.49. The minimum atomic E-state index is -0.219. The fourth-order valence-electron chi connectivity index (χ4n) is 4.96. The van der Waals surface area contributed by atoms with Gasteiger partial charge in [0.1, 0.15) is 11.4 Å². The van der Waals surface area contributed by atoms with Gasteiger partial charge >= 0.3 is 0 Å². The number of aryl methyl sites for hydroxylation is 1. The van der Waals surface area contributed by atoms with E-state index in [2.05, 4.69) is 10.4 Å². The molecule has 1 N–H and O–H groups in total. The Morgan fingerprint density at radius 1 is 0.925 bits per heavy atom. The lowest BCUT2D eigenvalue weighted by molar-refractivity contribution is -0.121. The van der Waals surface area contributed by atoms with Crippen molar-refractivity contribution in [2.45, 2.75) is 39.7 Å². The van der Waals surface area contributed by atoms with E-state index in [-0.39, 0.29) is 17.9 Å². The molecular formula is C30H36N4O6. The van der Waals surface area contributed by atoms with Gasteiger partial charge in [0.2, 0.25) is 11.7 Å². The first-order valence-electron chi connectivity index (χ1n) is 13.2. The van der Waals surface area contributed by atoms with Crippen LogP contribution in [0.15, 0.2) is 47.3 Å². The Morgan fingerprint density at radius 3 is 2.23 bits per heavy atom. The zero-order chi connectivity index (χ0) is 28.8. The number of aromatic nitrogens is 3. The van der Waals surface area contributed by atoms with E-state index in [9.17, 15) is 9.59 Å². The maximum Gasteiger partial charge on any atom is 0.277 e. The van der Waals surface area contributed by atoms with Gasteiger partial charge in [0.25, 0.3) is 5.56 Å². The number of hydrogen-bond acceptors (Lipinski definition) is 7. The zero-order valence-electron chi connectivity index (χ0n) is 23.9. The van der Waals surface area contributed by atoms with Crippen LogP contribution < -0.4 is 29.8 Å². The van der Waals surface area contributed by atoms with Crippen LogP contribution >= 0.6 is 0 Å². The van der Waals surface area contributed by atoms with E-state index in [1.807, 2.05) is 60.9 Å². The summed E-state index contributed by atoms with van der Waals surface area (Å²) in [7, 11) is 6.30. The Bertz CT molecular complexity index is 1550. The van der Waals surface area contributed by atoms with Crippen molar-refractivity contribution in [1.82, 2.24) is 19.5 Å². The molecule has 0 saturated heterocycles. The van der Waals surface area contributed by atoms with Crippen LogP contribution in [0, 0.1) is 6.92 Å². The first-order chi connectivity index (χ1) is 19.4. The van der Waals surface area contributed by atoms with Gasteiger partial charge in [0.15, 0.2) is 11.5 Å². The Labute approximate surface area is 233 Å². The predicted molar refractivity (Wildman–Crippen MR) is 153 cm³/mol. The number of carbonyl (C=O) groups is 1. The fraction of sp³-hybridized carbons (Fsp3) is 0.367. The Hall–Kier alpha value is -4.47. The second-order valence-electron chi connectivity index (χ2n) is 9.25. The second kappa shape index (κ2) is 12.6. The third kappa shape index (κ3) is 5.61. The average Bonchev–Trinajstić information content (AvgIpc) is 3.42. The van der Waals surface area contributed by atoms with Crippen molar-refractivity contribution in [1.29, 1.82) is 0 Å². The number of ether oxygens (including phenoxy) is 4. The molecule has 0 fully saturated rings. The van der Waals surface area contributed by atoms with Crippen molar-refractivity contribution < 1.29 is 23.7 Å². The Kier molecular flexibility index (Phi) is 8.98. The number of para-hydroxylation sites is 1. The molecule has 212 valence electrons. The summed E-state index contributed by atoms with van der Waals surface area (Å²) in [5, 5.41) is 7.58. The van der Waals surface area contributed by atoms with Gasteiger partial charge in [-0.2, -0.15) is 9.61 Å². The normalized spacial score (nSPS) is 10.9. The largest absolute Gasteiger partial charge is 0.496 e. The average molecular weight is 549 g/mol. The summed E-state index contributed by atoms with van der Waals surface area (Å²) in [5.41, 5.74) is 4.28. The molecule has 1 amide bonds. The molecule has 2 aromatic carbocycles. The van der Waals surface area contributed by atoms with Crippen molar-refractivity contribution >= 4 is 11.6 Å². The topological polar surface area (TPSA) is 105 Å². The third-order valence-corrected chi connectivity index (χ3v) is 7.02. The molecule has 2 heterocycles. The molecule has 0 spiro atoms. The van der Waals surface area contributed by atoms with Gasteiger partial charge in [0.05, 0.1) is 34.1 Å². The van der Waals surface area contributed by atoms with Crippen molar-refractivity contribution in [3.8, 4) is 34.3 Å². The lowest BCUT2D eigenvalue weighted by atomic mass is 10.1. The number of rotatable bonds is 12. The summed E-state index contributed by atoms with van der Waals surface area (Å²) in [6, 6.07) is 13.2. The maximum absolute atomic E-state index is 13.5. The molecule has 0 aliphatic heterocycles. The number of fused-ring (bicyclic) bond motifs is 1. The number of carbonyl (C=O) groups excluding carboxylic acids is 1. The SMILES string of the molecule is CCn1c(C)c(CCC(=O)NCCc2cc(OC)c(OC)c(OC)c2)c(=O)n2nc(-c3ccccc3OC)cc12. The number of nitrogens with zero attached hydrogens (tertiary/aromatic N) is 3. The molecule has 0 aliphatic rings. The lowest BCUT2D eigenvalue weighted by Gasteiger charge is -2.15. The molecule has 0 bridgehead atoms. The van der Waals surface area contributed by atoms with Gasteiger partial charge in [-0.15, -0.1) is 0 Å². The smallest absolute Gasteiger partial charge is 0.277 e. The van der Waals surface area contributed by atoms with E-state index in [1.165, 1.54) is 4.52 Å².